The van der Waals surface area contributed by atoms with Crippen LogP contribution in [0.4, 0.5) is 17.3 Å². The summed E-state index contributed by atoms with van der Waals surface area (Å²) in [4.78, 5) is 25.2. The molecule has 0 atom stereocenters. The van der Waals surface area contributed by atoms with E-state index in [1.807, 2.05) is 55.1 Å². The molecule has 1 saturated heterocycles. The molecule has 6 heteroatoms. The number of likely N-dealkylation sites (tertiary alicyclic amines) is 1. The summed E-state index contributed by atoms with van der Waals surface area (Å²) in [5.41, 5.74) is 3.25. The van der Waals surface area contributed by atoms with Gasteiger partial charge in [0.25, 0.3) is 5.91 Å². The van der Waals surface area contributed by atoms with Gasteiger partial charge in [0, 0.05) is 44.3 Å². The highest BCUT2D eigenvalue weighted by Crippen LogP contribution is 2.19. The third-order valence-electron chi connectivity index (χ3n) is 4.11. The van der Waals surface area contributed by atoms with E-state index in [2.05, 4.69) is 15.3 Å². The van der Waals surface area contributed by atoms with Crippen molar-refractivity contribution >= 4 is 23.2 Å². The zero-order chi connectivity index (χ0) is 17.1. The lowest BCUT2D eigenvalue weighted by Gasteiger charge is -2.16. The third-order valence-corrected chi connectivity index (χ3v) is 4.11. The van der Waals surface area contributed by atoms with E-state index in [9.17, 15) is 4.79 Å². The number of hydrogen-bond donors (Lipinski definition) is 1. The number of benzene rings is 1. The fraction of sp³-hybridized carbons (Fsp3) is 0.389. The van der Waals surface area contributed by atoms with Gasteiger partial charge < -0.3 is 15.1 Å². The van der Waals surface area contributed by atoms with E-state index in [1.165, 1.54) is 0 Å². The standard InChI is InChI=1S/C18H23N5O/c1-13-12-16(17(24)23-10-4-5-11-23)21-18(19-13)20-14-6-8-15(9-7-14)22(2)3/h6-9,12H,4-5,10-11H2,1-3H3,(H,19,20,21). The van der Waals surface area contributed by atoms with Crippen molar-refractivity contribution in [1.82, 2.24) is 14.9 Å². The van der Waals surface area contributed by atoms with Gasteiger partial charge in [0.2, 0.25) is 5.95 Å². The molecule has 0 radical (unpaired) electrons. The molecular formula is C18H23N5O. The molecule has 0 saturated carbocycles. The summed E-state index contributed by atoms with van der Waals surface area (Å²) in [5, 5.41) is 3.19. The Labute approximate surface area is 142 Å². The number of carbonyl (C=O) groups excluding carboxylic acids is 1. The van der Waals surface area contributed by atoms with Crippen molar-refractivity contribution in [3.05, 3.63) is 41.7 Å². The Bertz CT molecular complexity index is 721. The van der Waals surface area contributed by atoms with E-state index in [0.717, 1.165) is 43.0 Å². The van der Waals surface area contributed by atoms with Gasteiger partial charge in [-0.1, -0.05) is 0 Å². The van der Waals surface area contributed by atoms with Crippen molar-refractivity contribution in [3.63, 3.8) is 0 Å². The molecule has 0 bridgehead atoms. The minimum absolute atomic E-state index is 0.0102. The van der Waals surface area contributed by atoms with Crippen LogP contribution in [-0.4, -0.2) is 48.0 Å². The van der Waals surface area contributed by atoms with Crippen molar-refractivity contribution in [2.75, 3.05) is 37.4 Å². The lowest BCUT2D eigenvalue weighted by Crippen LogP contribution is -2.28. The lowest BCUT2D eigenvalue weighted by atomic mass is 10.2. The van der Waals surface area contributed by atoms with Gasteiger partial charge in [-0.3, -0.25) is 4.79 Å². The maximum atomic E-state index is 12.5. The highest BCUT2D eigenvalue weighted by Gasteiger charge is 2.21. The molecule has 1 aliphatic heterocycles. The molecule has 24 heavy (non-hydrogen) atoms. The molecule has 0 spiro atoms. The number of anilines is 3. The first-order valence-electron chi connectivity index (χ1n) is 8.22. The Kier molecular flexibility index (Phi) is 4.64. The van der Waals surface area contributed by atoms with Gasteiger partial charge in [-0.25, -0.2) is 9.97 Å². The maximum Gasteiger partial charge on any atom is 0.272 e. The molecule has 1 aromatic heterocycles. The smallest absolute Gasteiger partial charge is 0.272 e. The zero-order valence-electron chi connectivity index (χ0n) is 14.4. The van der Waals surface area contributed by atoms with Crippen molar-refractivity contribution in [1.29, 1.82) is 0 Å². The third kappa shape index (κ3) is 3.64. The molecule has 0 aliphatic carbocycles. The van der Waals surface area contributed by atoms with Crippen molar-refractivity contribution in [3.8, 4) is 0 Å². The summed E-state index contributed by atoms with van der Waals surface area (Å²) in [6.45, 7) is 3.51. The predicted octanol–water partition coefficient (Wildman–Crippen LogP) is 2.83. The van der Waals surface area contributed by atoms with Crippen LogP contribution < -0.4 is 10.2 Å². The fourth-order valence-corrected chi connectivity index (χ4v) is 2.79. The summed E-state index contributed by atoms with van der Waals surface area (Å²) in [5.74, 6) is 0.444. The molecule has 1 amide bonds. The van der Waals surface area contributed by atoms with E-state index in [0.29, 0.717) is 11.6 Å². The SMILES string of the molecule is Cc1cc(C(=O)N2CCCC2)nc(Nc2ccc(N(C)C)cc2)n1. The maximum absolute atomic E-state index is 12.5. The number of hydrogen-bond acceptors (Lipinski definition) is 5. The second kappa shape index (κ2) is 6.86. The minimum atomic E-state index is -0.0102. The monoisotopic (exact) mass is 325 g/mol. The van der Waals surface area contributed by atoms with E-state index in [4.69, 9.17) is 0 Å². The van der Waals surface area contributed by atoms with Crippen LogP contribution in [0, 0.1) is 6.92 Å². The van der Waals surface area contributed by atoms with E-state index < -0.39 is 0 Å². The molecule has 3 rings (SSSR count). The molecule has 6 nitrogen and oxygen atoms in total. The Hall–Kier alpha value is -2.63. The molecule has 2 aromatic rings. The average Bonchev–Trinajstić information content (AvgIpc) is 3.08. The summed E-state index contributed by atoms with van der Waals surface area (Å²) < 4.78 is 0. The quantitative estimate of drug-likeness (QED) is 0.936. The Morgan fingerprint density at radius 2 is 1.79 bits per heavy atom. The first-order chi connectivity index (χ1) is 11.5. The van der Waals surface area contributed by atoms with E-state index >= 15 is 0 Å². The molecule has 1 fully saturated rings. The average molecular weight is 325 g/mol. The van der Waals surface area contributed by atoms with Gasteiger partial charge in [0.05, 0.1) is 0 Å². The Balaban J connectivity index is 1.79. The van der Waals surface area contributed by atoms with Crippen LogP contribution in [0.3, 0.4) is 0 Å². The van der Waals surface area contributed by atoms with Crippen molar-refractivity contribution < 1.29 is 4.79 Å². The number of carbonyl (C=O) groups is 1. The second-order valence-electron chi connectivity index (χ2n) is 6.28. The molecule has 126 valence electrons. The number of nitrogens with one attached hydrogen (secondary N) is 1. The van der Waals surface area contributed by atoms with Crippen LogP contribution in [0.5, 0.6) is 0 Å². The van der Waals surface area contributed by atoms with Crippen LogP contribution in [0.2, 0.25) is 0 Å². The largest absolute Gasteiger partial charge is 0.378 e. The summed E-state index contributed by atoms with van der Waals surface area (Å²) in [6.07, 6.45) is 2.14. The first-order valence-corrected chi connectivity index (χ1v) is 8.22. The topological polar surface area (TPSA) is 61.4 Å². The summed E-state index contributed by atoms with van der Waals surface area (Å²) in [6, 6.07) is 9.75. The zero-order valence-corrected chi connectivity index (χ0v) is 14.4. The van der Waals surface area contributed by atoms with Crippen LogP contribution in [-0.2, 0) is 0 Å². The minimum Gasteiger partial charge on any atom is -0.378 e. The normalized spacial score (nSPS) is 13.9. The molecule has 1 aliphatic rings. The van der Waals surface area contributed by atoms with E-state index in [1.54, 1.807) is 6.07 Å². The molecular weight excluding hydrogens is 302 g/mol. The highest BCUT2D eigenvalue weighted by atomic mass is 16.2. The fourth-order valence-electron chi connectivity index (χ4n) is 2.79. The van der Waals surface area contributed by atoms with Gasteiger partial charge >= 0.3 is 0 Å². The number of amides is 1. The van der Waals surface area contributed by atoms with Crippen molar-refractivity contribution in [2.45, 2.75) is 19.8 Å². The van der Waals surface area contributed by atoms with Gasteiger partial charge in [0.1, 0.15) is 5.69 Å². The van der Waals surface area contributed by atoms with Gasteiger partial charge in [0.15, 0.2) is 0 Å². The molecule has 1 N–H and O–H groups in total. The Morgan fingerprint density at radius 1 is 1.12 bits per heavy atom. The van der Waals surface area contributed by atoms with Crippen molar-refractivity contribution in [2.24, 2.45) is 0 Å². The second-order valence-corrected chi connectivity index (χ2v) is 6.28. The molecule has 2 heterocycles. The molecule has 0 unspecified atom stereocenters. The van der Waals surface area contributed by atoms with Crippen LogP contribution >= 0.6 is 0 Å². The van der Waals surface area contributed by atoms with E-state index in [-0.39, 0.29) is 5.91 Å². The predicted molar refractivity (Wildman–Crippen MR) is 96.0 cm³/mol. The van der Waals surface area contributed by atoms with Gasteiger partial charge in [-0.05, 0) is 50.1 Å². The van der Waals surface area contributed by atoms with Crippen LogP contribution in [0.15, 0.2) is 30.3 Å². The molecule has 1 aromatic carbocycles. The lowest BCUT2D eigenvalue weighted by molar-refractivity contribution is 0.0787. The van der Waals surface area contributed by atoms with Gasteiger partial charge in [-0.15, -0.1) is 0 Å². The number of aryl methyl sites for hydroxylation is 1. The summed E-state index contributed by atoms with van der Waals surface area (Å²) >= 11 is 0. The first kappa shape index (κ1) is 16.2. The number of aromatic nitrogens is 2. The van der Waals surface area contributed by atoms with Crippen LogP contribution in [0.1, 0.15) is 29.0 Å². The Morgan fingerprint density at radius 3 is 2.42 bits per heavy atom. The van der Waals surface area contributed by atoms with Gasteiger partial charge in [-0.2, -0.15) is 0 Å². The number of rotatable bonds is 4. The number of nitrogens with zero attached hydrogens (tertiary/aromatic N) is 4. The van der Waals surface area contributed by atoms with Crippen LogP contribution in [0.25, 0.3) is 0 Å². The highest BCUT2D eigenvalue weighted by molar-refractivity contribution is 5.92. The summed E-state index contributed by atoms with van der Waals surface area (Å²) in [7, 11) is 4.00.